The van der Waals surface area contributed by atoms with Gasteiger partial charge >= 0.3 is 0 Å². The number of hydrogen-bond donors (Lipinski definition) is 0. The number of aliphatic imine (C=N–C) groups is 1. The summed E-state index contributed by atoms with van der Waals surface area (Å²) in [7, 11) is 1.45. The van der Waals surface area contributed by atoms with Gasteiger partial charge in [-0.15, -0.1) is 0 Å². The molecule has 0 amide bonds. The second kappa shape index (κ2) is 6.50. The van der Waals surface area contributed by atoms with E-state index in [1.165, 1.54) is 13.3 Å². The number of benzene rings is 1. The molecule has 0 N–H and O–H groups in total. The number of allylic oxidation sites excluding steroid dienone is 2. The number of nitrogens with zero attached hydrogens (tertiary/aromatic N) is 1. The molecule has 5 heteroatoms. The van der Waals surface area contributed by atoms with E-state index in [9.17, 15) is 17.6 Å². The Labute approximate surface area is 109 Å². The van der Waals surface area contributed by atoms with Crippen molar-refractivity contribution in [2.24, 2.45) is 4.99 Å². The summed E-state index contributed by atoms with van der Waals surface area (Å²) < 4.78 is 55.0. The summed E-state index contributed by atoms with van der Waals surface area (Å²) >= 11 is 0. The number of alkyl halides is 2. The van der Waals surface area contributed by atoms with Gasteiger partial charge in [-0.2, -0.15) is 8.78 Å². The van der Waals surface area contributed by atoms with Crippen LogP contribution in [0.2, 0.25) is 0 Å². The van der Waals surface area contributed by atoms with Gasteiger partial charge in [0.25, 0.3) is 5.92 Å². The van der Waals surface area contributed by atoms with Crippen LogP contribution in [0.3, 0.4) is 0 Å². The first-order valence-corrected chi connectivity index (χ1v) is 5.88. The van der Waals surface area contributed by atoms with Crippen LogP contribution in [-0.2, 0) is 5.92 Å². The zero-order valence-electron chi connectivity index (χ0n) is 10.8. The number of halogens is 4. The zero-order valence-corrected chi connectivity index (χ0v) is 10.8. The molecule has 0 fully saturated rings. The van der Waals surface area contributed by atoms with Gasteiger partial charge in [-0.3, -0.25) is 4.99 Å². The topological polar surface area (TPSA) is 12.4 Å². The Kier molecular flexibility index (Phi) is 5.27. The minimum Gasteiger partial charge on any atom is -0.297 e. The second-order valence-corrected chi connectivity index (χ2v) is 4.05. The summed E-state index contributed by atoms with van der Waals surface area (Å²) in [4.78, 5) is 3.60. The third-order valence-electron chi connectivity index (χ3n) is 2.61. The molecule has 0 radical (unpaired) electrons. The highest BCUT2D eigenvalue weighted by molar-refractivity contribution is 5.72. The van der Waals surface area contributed by atoms with Crippen molar-refractivity contribution in [1.29, 1.82) is 0 Å². The lowest BCUT2D eigenvalue weighted by atomic mass is 9.96. The maximum absolute atomic E-state index is 14.2. The molecule has 0 heterocycles. The molecule has 0 aliphatic rings. The van der Waals surface area contributed by atoms with E-state index >= 15 is 0 Å². The zero-order chi connectivity index (χ0) is 14.5. The van der Waals surface area contributed by atoms with Crippen LogP contribution in [0.15, 0.2) is 34.8 Å². The van der Waals surface area contributed by atoms with Gasteiger partial charge in [0.2, 0.25) is 0 Å². The normalized spacial score (nSPS) is 13.3. The second-order valence-electron chi connectivity index (χ2n) is 4.05. The Bertz CT molecular complexity index is 492. The SMILES string of the molecule is CCC/C(=C\C=NC)C(F)(F)c1cc(F)ccc1F. The van der Waals surface area contributed by atoms with E-state index in [2.05, 4.69) is 4.99 Å². The smallest absolute Gasteiger partial charge is 0.297 e. The lowest BCUT2D eigenvalue weighted by Gasteiger charge is -2.20. The maximum Gasteiger partial charge on any atom is 0.297 e. The van der Waals surface area contributed by atoms with Crippen molar-refractivity contribution >= 4 is 6.21 Å². The van der Waals surface area contributed by atoms with Gasteiger partial charge in [0, 0.05) is 18.8 Å². The van der Waals surface area contributed by atoms with Gasteiger partial charge in [0.15, 0.2) is 0 Å². The van der Waals surface area contributed by atoms with E-state index in [0.29, 0.717) is 18.6 Å². The van der Waals surface area contributed by atoms with Crippen molar-refractivity contribution in [2.75, 3.05) is 7.05 Å². The van der Waals surface area contributed by atoms with E-state index in [1.54, 1.807) is 6.92 Å². The first kappa shape index (κ1) is 15.4. The molecule has 0 unspecified atom stereocenters. The highest BCUT2D eigenvalue weighted by Gasteiger charge is 2.38. The van der Waals surface area contributed by atoms with Crippen LogP contribution in [0.4, 0.5) is 17.6 Å². The lowest BCUT2D eigenvalue weighted by molar-refractivity contribution is 0.0300. The quantitative estimate of drug-likeness (QED) is 0.554. The van der Waals surface area contributed by atoms with Gasteiger partial charge in [-0.05, 0) is 30.7 Å². The van der Waals surface area contributed by atoms with E-state index in [1.807, 2.05) is 0 Å². The van der Waals surface area contributed by atoms with Crippen LogP contribution in [0.5, 0.6) is 0 Å². The summed E-state index contributed by atoms with van der Waals surface area (Å²) in [6, 6.07) is 2.05. The third-order valence-corrected chi connectivity index (χ3v) is 2.61. The van der Waals surface area contributed by atoms with E-state index < -0.39 is 23.1 Å². The molecule has 0 aliphatic heterocycles. The highest BCUT2D eigenvalue weighted by Crippen LogP contribution is 2.39. The molecule has 0 spiro atoms. The molecule has 0 saturated carbocycles. The predicted octanol–water partition coefficient (Wildman–Crippen LogP) is 4.48. The van der Waals surface area contributed by atoms with Crippen LogP contribution < -0.4 is 0 Å². The van der Waals surface area contributed by atoms with Gasteiger partial charge in [-0.1, -0.05) is 13.3 Å². The lowest BCUT2D eigenvalue weighted by Crippen LogP contribution is -2.19. The summed E-state index contributed by atoms with van der Waals surface area (Å²) in [5.41, 5.74) is -1.23. The number of hydrogen-bond acceptors (Lipinski definition) is 1. The standard InChI is InChI=1S/C14H15F4N/c1-3-4-10(7-8-19-2)14(17,18)12-9-11(15)5-6-13(12)16/h5-9H,3-4H2,1-2H3/b10-7+,19-8?. The van der Waals surface area contributed by atoms with E-state index in [0.717, 1.165) is 12.1 Å². The van der Waals surface area contributed by atoms with Crippen molar-refractivity contribution in [3.8, 4) is 0 Å². The van der Waals surface area contributed by atoms with Crippen molar-refractivity contribution in [1.82, 2.24) is 0 Å². The average molecular weight is 273 g/mol. The van der Waals surface area contributed by atoms with E-state index in [-0.39, 0.29) is 12.0 Å². The van der Waals surface area contributed by atoms with E-state index in [4.69, 9.17) is 0 Å². The molecule has 1 nitrogen and oxygen atoms in total. The van der Waals surface area contributed by atoms with Gasteiger partial charge in [-0.25, -0.2) is 8.78 Å². The third kappa shape index (κ3) is 3.66. The maximum atomic E-state index is 14.2. The van der Waals surface area contributed by atoms with Gasteiger partial charge in [0.05, 0.1) is 5.56 Å². The largest absolute Gasteiger partial charge is 0.297 e. The fourth-order valence-corrected chi connectivity index (χ4v) is 1.69. The summed E-state index contributed by atoms with van der Waals surface area (Å²) in [6.07, 6.45) is 2.91. The summed E-state index contributed by atoms with van der Waals surface area (Å²) in [5, 5.41) is 0. The molecular formula is C14H15F4N. The molecule has 1 aromatic carbocycles. The first-order valence-electron chi connectivity index (χ1n) is 5.88. The molecule has 0 aromatic heterocycles. The molecule has 1 rings (SSSR count). The Morgan fingerprint density at radius 1 is 1.32 bits per heavy atom. The molecular weight excluding hydrogens is 258 g/mol. The van der Waals surface area contributed by atoms with Crippen LogP contribution in [0.1, 0.15) is 25.3 Å². The predicted molar refractivity (Wildman–Crippen MR) is 67.7 cm³/mol. The Morgan fingerprint density at radius 2 is 2.00 bits per heavy atom. The van der Waals surface area contributed by atoms with Crippen LogP contribution in [0.25, 0.3) is 0 Å². The van der Waals surface area contributed by atoms with Gasteiger partial charge in [0.1, 0.15) is 11.6 Å². The van der Waals surface area contributed by atoms with Crippen LogP contribution >= 0.6 is 0 Å². The Morgan fingerprint density at radius 3 is 2.58 bits per heavy atom. The number of rotatable bonds is 5. The monoisotopic (exact) mass is 273 g/mol. The summed E-state index contributed by atoms with van der Waals surface area (Å²) in [5.74, 6) is -5.57. The first-order chi connectivity index (χ1) is 8.93. The minimum absolute atomic E-state index is 0.0783. The van der Waals surface area contributed by atoms with Crippen LogP contribution in [-0.4, -0.2) is 13.3 Å². The van der Waals surface area contributed by atoms with Crippen LogP contribution in [0, 0.1) is 11.6 Å². The molecule has 0 atom stereocenters. The molecule has 104 valence electrons. The Hall–Kier alpha value is -1.65. The van der Waals surface area contributed by atoms with Crippen molar-refractivity contribution in [3.63, 3.8) is 0 Å². The molecule has 0 bridgehead atoms. The molecule has 19 heavy (non-hydrogen) atoms. The summed E-state index contributed by atoms with van der Waals surface area (Å²) in [6.45, 7) is 1.73. The highest BCUT2D eigenvalue weighted by atomic mass is 19.3. The average Bonchev–Trinajstić information content (AvgIpc) is 2.37. The fourth-order valence-electron chi connectivity index (χ4n) is 1.69. The van der Waals surface area contributed by atoms with Gasteiger partial charge < -0.3 is 0 Å². The minimum atomic E-state index is -3.55. The Balaban J connectivity index is 3.29. The molecule has 1 aromatic rings. The molecule has 0 aliphatic carbocycles. The molecule has 0 saturated heterocycles. The van der Waals surface area contributed by atoms with Crippen molar-refractivity contribution in [2.45, 2.75) is 25.7 Å². The van der Waals surface area contributed by atoms with Crippen molar-refractivity contribution in [3.05, 3.63) is 47.0 Å². The van der Waals surface area contributed by atoms with Crippen molar-refractivity contribution < 1.29 is 17.6 Å². The fraction of sp³-hybridized carbons (Fsp3) is 0.357.